The van der Waals surface area contributed by atoms with Crippen molar-refractivity contribution in [2.45, 2.75) is 19.1 Å². The molecule has 1 aliphatic heterocycles. The van der Waals surface area contributed by atoms with E-state index in [1.807, 2.05) is 37.3 Å². The standard InChI is InChI=1S/C14H21NO3/c1-12-9-15(10-14(11-16)18-12)7-8-17-13-5-3-2-4-6-13/h2-6,12,14,16H,7-11H2,1H3. The Kier molecular flexibility index (Phi) is 4.99. The van der Waals surface area contributed by atoms with Crippen LogP contribution in [0.25, 0.3) is 0 Å². The summed E-state index contributed by atoms with van der Waals surface area (Å²) < 4.78 is 11.3. The van der Waals surface area contributed by atoms with E-state index in [2.05, 4.69) is 4.90 Å². The topological polar surface area (TPSA) is 41.9 Å². The molecule has 2 atom stereocenters. The van der Waals surface area contributed by atoms with E-state index in [4.69, 9.17) is 14.6 Å². The van der Waals surface area contributed by atoms with Crippen molar-refractivity contribution in [1.82, 2.24) is 4.90 Å². The number of benzene rings is 1. The van der Waals surface area contributed by atoms with Gasteiger partial charge >= 0.3 is 0 Å². The van der Waals surface area contributed by atoms with Crippen LogP contribution >= 0.6 is 0 Å². The van der Waals surface area contributed by atoms with Gasteiger partial charge in [0.25, 0.3) is 0 Å². The monoisotopic (exact) mass is 251 g/mol. The first-order valence-electron chi connectivity index (χ1n) is 6.44. The minimum absolute atomic E-state index is 0.0644. The Bertz CT molecular complexity index is 344. The number of ether oxygens (including phenoxy) is 2. The van der Waals surface area contributed by atoms with E-state index in [1.165, 1.54) is 0 Å². The smallest absolute Gasteiger partial charge is 0.119 e. The molecule has 1 heterocycles. The number of para-hydroxylation sites is 1. The van der Waals surface area contributed by atoms with Crippen molar-refractivity contribution in [3.8, 4) is 5.75 Å². The van der Waals surface area contributed by atoms with E-state index in [1.54, 1.807) is 0 Å². The van der Waals surface area contributed by atoms with Gasteiger partial charge in [-0.25, -0.2) is 0 Å². The Labute approximate surface area is 108 Å². The molecule has 1 aromatic carbocycles. The highest BCUT2D eigenvalue weighted by molar-refractivity contribution is 5.20. The van der Waals surface area contributed by atoms with Crippen molar-refractivity contribution >= 4 is 0 Å². The number of aliphatic hydroxyl groups is 1. The van der Waals surface area contributed by atoms with Crippen LogP contribution in [0.3, 0.4) is 0 Å². The average Bonchev–Trinajstić information content (AvgIpc) is 2.39. The summed E-state index contributed by atoms with van der Waals surface area (Å²) in [7, 11) is 0. The van der Waals surface area contributed by atoms with Crippen LogP contribution in [0.15, 0.2) is 30.3 Å². The van der Waals surface area contributed by atoms with E-state index in [-0.39, 0.29) is 18.8 Å². The molecule has 18 heavy (non-hydrogen) atoms. The van der Waals surface area contributed by atoms with Crippen molar-refractivity contribution in [3.63, 3.8) is 0 Å². The molecule has 2 unspecified atom stereocenters. The van der Waals surface area contributed by atoms with E-state index < -0.39 is 0 Å². The van der Waals surface area contributed by atoms with Gasteiger partial charge in [-0.1, -0.05) is 18.2 Å². The molecule has 2 rings (SSSR count). The molecule has 100 valence electrons. The highest BCUT2D eigenvalue weighted by atomic mass is 16.5. The van der Waals surface area contributed by atoms with Crippen molar-refractivity contribution in [2.24, 2.45) is 0 Å². The summed E-state index contributed by atoms with van der Waals surface area (Å²) in [5, 5.41) is 9.15. The Balaban J connectivity index is 1.73. The van der Waals surface area contributed by atoms with Gasteiger partial charge in [0.1, 0.15) is 12.4 Å². The third-order valence-electron chi connectivity index (χ3n) is 3.02. The lowest BCUT2D eigenvalue weighted by molar-refractivity contribution is -0.0965. The minimum Gasteiger partial charge on any atom is -0.492 e. The van der Waals surface area contributed by atoms with Gasteiger partial charge in [0.2, 0.25) is 0 Å². The predicted octanol–water partition coefficient (Wildman–Crippen LogP) is 1.15. The van der Waals surface area contributed by atoms with Crippen molar-refractivity contribution < 1.29 is 14.6 Å². The van der Waals surface area contributed by atoms with Gasteiger partial charge in [-0.15, -0.1) is 0 Å². The van der Waals surface area contributed by atoms with E-state index in [0.717, 1.165) is 25.4 Å². The van der Waals surface area contributed by atoms with Gasteiger partial charge in [0.15, 0.2) is 0 Å². The Morgan fingerprint density at radius 1 is 1.33 bits per heavy atom. The zero-order valence-corrected chi connectivity index (χ0v) is 10.8. The highest BCUT2D eigenvalue weighted by Crippen LogP contribution is 2.11. The second-order valence-corrected chi connectivity index (χ2v) is 4.67. The quantitative estimate of drug-likeness (QED) is 0.852. The van der Waals surface area contributed by atoms with Crippen LogP contribution in [0.5, 0.6) is 5.75 Å². The molecule has 0 aliphatic carbocycles. The van der Waals surface area contributed by atoms with E-state index in [0.29, 0.717) is 6.61 Å². The van der Waals surface area contributed by atoms with Gasteiger partial charge in [-0.3, -0.25) is 4.90 Å². The molecule has 0 bridgehead atoms. The molecule has 1 aromatic rings. The maximum atomic E-state index is 9.15. The van der Waals surface area contributed by atoms with E-state index >= 15 is 0 Å². The Morgan fingerprint density at radius 3 is 2.83 bits per heavy atom. The fourth-order valence-electron chi connectivity index (χ4n) is 2.23. The predicted molar refractivity (Wildman–Crippen MR) is 69.8 cm³/mol. The second-order valence-electron chi connectivity index (χ2n) is 4.67. The number of rotatable bonds is 5. The number of hydrogen-bond acceptors (Lipinski definition) is 4. The molecule has 0 saturated carbocycles. The van der Waals surface area contributed by atoms with Gasteiger partial charge in [0.05, 0.1) is 18.8 Å². The molecule has 0 spiro atoms. The average molecular weight is 251 g/mol. The first-order chi connectivity index (χ1) is 8.78. The lowest BCUT2D eigenvalue weighted by Gasteiger charge is -2.35. The van der Waals surface area contributed by atoms with E-state index in [9.17, 15) is 0 Å². The third-order valence-corrected chi connectivity index (χ3v) is 3.02. The summed E-state index contributed by atoms with van der Waals surface area (Å²) in [5.74, 6) is 0.900. The zero-order valence-electron chi connectivity index (χ0n) is 10.8. The third kappa shape index (κ3) is 3.98. The van der Waals surface area contributed by atoms with Crippen LogP contribution in [0, 0.1) is 0 Å². The minimum atomic E-state index is -0.0644. The van der Waals surface area contributed by atoms with Crippen LogP contribution in [0.4, 0.5) is 0 Å². The first-order valence-corrected chi connectivity index (χ1v) is 6.44. The fourth-order valence-corrected chi connectivity index (χ4v) is 2.23. The SMILES string of the molecule is CC1CN(CCOc2ccccc2)CC(CO)O1. The van der Waals surface area contributed by atoms with Crippen molar-refractivity contribution in [3.05, 3.63) is 30.3 Å². The summed E-state index contributed by atoms with van der Waals surface area (Å²) in [5.41, 5.74) is 0. The Hall–Kier alpha value is -1.10. The molecule has 0 radical (unpaired) electrons. The number of aliphatic hydroxyl groups excluding tert-OH is 1. The van der Waals surface area contributed by atoms with Crippen molar-refractivity contribution in [1.29, 1.82) is 0 Å². The first kappa shape index (κ1) is 13.3. The van der Waals surface area contributed by atoms with Gasteiger partial charge in [-0.2, -0.15) is 0 Å². The number of nitrogens with zero attached hydrogens (tertiary/aromatic N) is 1. The molecule has 1 N–H and O–H groups in total. The number of hydrogen-bond donors (Lipinski definition) is 1. The molecular formula is C14H21NO3. The van der Waals surface area contributed by atoms with Gasteiger partial charge in [-0.05, 0) is 19.1 Å². The van der Waals surface area contributed by atoms with Gasteiger partial charge in [0, 0.05) is 19.6 Å². The summed E-state index contributed by atoms with van der Waals surface area (Å²) in [6.45, 7) is 5.31. The molecule has 4 heteroatoms. The summed E-state index contributed by atoms with van der Waals surface area (Å²) in [6, 6.07) is 9.82. The second kappa shape index (κ2) is 6.73. The number of morpholine rings is 1. The van der Waals surface area contributed by atoms with Crippen LogP contribution in [0.1, 0.15) is 6.92 Å². The molecule has 1 saturated heterocycles. The molecule has 1 fully saturated rings. The maximum Gasteiger partial charge on any atom is 0.119 e. The zero-order chi connectivity index (χ0) is 12.8. The normalized spacial score (nSPS) is 25.0. The summed E-state index contributed by atoms with van der Waals surface area (Å²) >= 11 is 0. The molecule has 0 amide bonds. The van der Waals surface area contributed by atoms with Gasteiger partial charge < -0.3 is 14.6 Å². The lowest BCUT2D eigenvalue weighted by Crippen LogP contribution is -2.49. The van der Waals surface area contributed by atoms with Crippen LogP contribution < -0.4 is 4.74 Å². The lowest BCUT2D eigenvalue weighted by atomic mass is 10.2. The molecule has 0 aromatic heterocycles. The maximum absolute atomic E-state index is 9.15. The summed E-state index contributed by atoms with van der Waals surface area (Å²) in [6.07, 6.45) is 0.109. The molecular weight excluding hydrogens is 230 g/mol. The van der Waals surface area contributed by atoms with Crippen LogP contribution in [0.2, 0.25) is 0 Å². The molecule has 4 nitrogen and oxygen atoms in total. The summed E-state index contributed by atoms with van der Waals surface area (Å²) in [4.78, 5) is 2.28. The largest absolute Gasteiger partial charge is 0.492 e. The Morgan fingerprint density at radius 2 is 2.11 bits per heavy atom. The van der Waals surface area contributed by atoms with Crippen LogP contribution in [-0.2, 0) is 4.74 Å². The van der Waals surface area contributed by atoms with Crippen molar-refractivity contribution in [2.75, 3.05) is 32.8 Å². The van der Waals surface area contributed by atoms with Crippen LogP contribution in [-0.4, -0.2) is 55.1 Å². The highest BCUT2D eigenvalue weighted by Gasteiger charge is 2.24. The fraction of sp³-hybridized carbons (Fsp3) is 0.571. The molecule has 1 aliphatic rings.